The molecule has 0 radical (unpaired) electrons. The van der Waals surface area contributed by atoms with Gasteiger partial charge in [-0.25, -0.2) is 0 Å². The predicted molar refractivity (Wildman–Crippen MR) is 94.0 cm³/mol. The van der Waals surface area contributed by atoms with Gasteiger partial charge in [-0.1, -0.05) is 29.8 Å². The van der Waals surface area contributed by atoms with Crippen LogP contribution >= 0.6 is 23.4 Å². The average Bonchev–Trinajstić information content (AvgIpc) is 2.55. The second-order valence-corrected chi connectivity index (χ2v) is 6.05. The van der Waals surface area contributed by atoms with Crippen molar-refractivity contribution >= 4 is 35.0 Å². The summed E-state index contributed by atoms with van der Waals surface area (Å²) in [6.45, 7) is 0. The first-order valence-electron chi connectivity index (χ1n) is 6.83. The smallest absolute Gasteiger partial charge is 0.234 e. The Kier molecular flexibility index (Phi) is 6.33. The van der Waals surface area contributed by atoms with E-state index in [1.165, 1.54) is 18.9 Å². The van der Waals surface area contributed by atoms with Crippen LogP contribution in [0.5, 0.6) is 5.75 Å². The van der Waals surface area contributed by atoms with Crippen LogP contribution in [0.25, 0.3) is 0 Å². The van der Waals surface area contributed by atoms with Crippen molar-refractivity contribution in [2.45, 2.75) is 5.75 Å². The Morgan fingerprint density at radius 3 is 2.83 bits per heavy atom. The highest BCUT2D eigenvalue weighted by Crippen LogP contribution is 2.27. The molecule has 2 aromatic carbocycles. The number of anilines is 1. The van der Waals surface area contributed by atoms with Crippen LogP contribution in [0.2, 0.25) is 5.02 Å². The number of ether oxygens (including phenoxy) is 1. The third kappa shape index (κ3) is 4.92. The highest BCUT2D eigenvalue weighted by molar-refractivity contribution is 7.99. The number of nitrogens with one attached hydrogen (secondary N) is 1. The Morgan fingerprint density at radius 1 is 1.35 bits per heavy atom. The molecule has 0 atom stereocenters. The standard InChI is InChI=1S/C17H15ClN2O2S/c1-22-16-7-6-14(8-15(16)18)20-17(21)11-23-10-13-5-3-2-4-12(13)9-19/h2-8H,10-11H2,1H3,(H,20,21). The van der Waals surface area contributed by atoms with Gasteiger partial charge in [0.1, 0.15) is 5.75 Å². The van der Waals surface area contributed by atoms with E-state index in [4.69, 9.17) is 21.6 Å². The van der Waals surface area contributed by atoms with Crippen molar-refractivity contribution < 1.29 is 9.53 Å². The number of nitrogens with zero attached hydrogens (tertiary/aromatic N) is 1. The van der Waals surface area contributed by atoms with Gasteiger partial charge in [0, 0.05) is 11.4 Å². The van der Waals surface area contributed by atoms with Crippen LogP contribution in [0.15, 0.2) is 42.5 Å². The van der Waals surface area contributed by atoms with Gasteiger partial charge in [0.25, 0.3) is 0 Å². The topological polar surface area (TPSA) is 62.1 Å². The summed E-state index contributed by atoms with van der Waals surface area (Å²) < 4.78 is 5.07. The van der Waals surface area contributed by atoms with E-state index in [1.807, 2.05) is 18.2 Å². The van der Waals surface area contributed by atoms with E-state index in [0.29, 0.717) is 33.5 Å². The summed E-state index contributed by atoms with van der Waals surface area (Å²) in [6.07, 6.45) is 0. The largest absolute Gasteiger partial charge is 0.495 e. The summed E-state index contributed by atoms with van der Waals surface area (Å²) in [7, 11) is 1.54. The normalized spacial score (nSPS) is 9.96. The number of benzene rings is 2. The molecule has 0 unspecified atom stereocenters. The first kappa shape index (κ1) is 17.2. The summed E-state index contributed by atoms with van der Waals surface area (Å²) in [4.78, 5) is 12.0. The van der Waals surface area contributed by atoms with Crippen LogP contribution in [0.3, 0.4) is 0 Å². The van der Waals surface area contributed by atoms with E-state index < -0.39 is 0 Å². The van der Waals surface area contributed by atoms with Crippen LogP contribution in [0, 0.1) is 11.3 Å². The molecule has 0 bridgehead atoms. The lowest BCUT2D eigenvalue weighted by atomic mass is 10.1. The van der Waals surface area contributed by atoms with E-state index >= 15 is 0 Å². The second-order valence-electron chi connectivity index (χ2n) is 4.66. The van der Waals surface area contributed by atoms with E-state index in [9.17, 15) is 4.79 Å². The fraction of sp³-hybridized carbons (Fsp3) is 0.176. The minimum atomic E-state index is -0.120. The SMILES string of the molecule is COc1ccc(NC(=O)CSCc2ccccc2C#N)cc1Cl. The van der Waals surface area contributed by atoms with Gasteiger partial charge in [-0.15, -0.1) is 11.8 Å². The summed E-state index contributed by atoms with van der Waals surface area (Å²) in [5, 5.41) is 12.3. The summed E-state index contributed by atoms with van der Waals surface area (Å²) in [6, 6.07) is 14.6. The molecule has 0 aliphatic carbocycles. The average molecular weight is 347 g/mol. The molecule has 1 amide bonds. The number of halogens is 1. The first-order chi connectivity index (χ1) is 11.1. The van der Waals surface area contributed by atoms with Crippen molar-refractivity contribution in [3.63, 3.8) is 0 Å². The molecule has 0 spiro atoms. The molecular weight excluding hydrogens is 332 g/mol. The quantitative estimate of drug-likeness (QED) is 0.855. The fourth-order valence-corrected chi connectivity index (χ4v) is 3.04. The van der Waals surface area contributed by atoms with Crippen molar-refractivity contribution in [3.8, 4) is 11.8 Å². The molecule has 1 N–H and O–H groups in total. The van der Waals surface area contributed by atoms with Gasteiger partial charge in [-0.3, -0.25) is 4.79 Å². The Bertz CT molecular complexity index is 744. The second kappa shape index (κ2) is 8.47. The van der Waals surface area contributed by atoms with Crippen LogP contribution < -0.4 is 10.1 Å². The van der Waals surface area contributed by atoms with E-state index in [-0.39, 0.29) is 5.91 Å². The number of hydrogen-bond donors (Lipinski definition) is 1. The lowest BCUT2D eigenvalue weighted by Gasteiger charge is -2.08. The van der Waals surface area contributed by atoms with Crippen molar-refractivity contribution in [2.24, 2.45) is 0 Å². The molecule has 23 heavy (non-hydrogen) atoms. The van der Waals surface area contributed by atoms with E-state index in [2.05, 4.69) is 11.4 Å². The van der Waals surface area contributed by atoms with Gasteiger partial charge in [0.2, 0.25) is 5.91 Å². The molecule has 2 aromatic rings. The van der Waals surface area contributed by atoms with Crippen LogP contribution in [0.4, 0.5) is 5.69 Å². The zero-order valence-corrected chi connectivity index (χ0v) is 14.1. The van der Waals surface area contributed by atoms with Crippen LogP contribution in [-0.4, -0.2) is 18.8 Å². The van der Waals surface area contributed by atoms with Crippen molar-refractivity contribution in [1.29, 1.82) is 5.26 Å². The van der Waals surface area contributed by atoms with Gasteiger partial charge < -0.3 is 10.1 Å². The van der Waals surface area contributed by atoms with Gasteiger partial charge in [-0.05, 0) is 29.8 Å². The number of hydrogen-bond acceptors (Lipinski definition) is 4. The molecule has 0 aromatic heterocycles. The summed E-state index contributed by atoms with van der Waals surface area (Å²) >= 11 is 7.47. The highest BCUT2D eigenvalue weighted by atomic mass is 35.5. The van der Waals surface area contributed by atoms with Gasteiger partial charge in [-0.2, -0.15) is 5.26 Å². The fourth-order valence-electron chi connectivity index (χ4n) is 1.95. The maximum Gasteiger partial charge on any atom is 0.234 e. The molecule has 0 fully saturated rings. The first-order valence-corrected chi connectivity index (χ1v) is 8.36. The van der Waals surface area contributed by atoms with E-state index in [1.54, 1.807) is 24.3 Å². The molecule has 2 rings (SSSR count). The number of methoxy groups -OCH3 is 1. The van der Waals surface area contributed by atoms with Gasteiger partial charge >= 0.3 is 0 Å². The van der Waals surface area contributed by atoms with Crippen molar-refractivity contribution in [2.75, 3.05) is 18.2 Å². The number of rotatable bonds is 6. The number of thioether (sulfide) groups is 1. The minimum Gasteiger partial charge on any atom is -0.495 e. The Morgan fingerprint density at radius 2 is 2.13 bits per heavy atom. The highest BCUT2D eigenvalue weighted by Gasteiger charge is 2.07. The van der Waals surface area contributed by atoms with Crippen molar-refractivity contribution in [1.82, 2.24) is 0 Å². The Balaban J connectivity index is 1.86. The molecule has 6 heteroatoms. The number of carbonyl (C=O) groups is 1. The molecule has 0 aliphatic heterocycles. The summed E-state index contributed by atoms with van der Waals surface area (Å²) in [5.74, 6) is 1.35. The number of nitriles is 1. The van der Waals surface area contributed by atoms with Gasteiger partial charge in [0.15, 0.2) is 0 Å². The molecule has 0 saturated carbocycles. The minimum absolute atomic E-state index is 0.120. The van der Waals surface area contributed by atoms with Crippen LogP contribution in [0.1, 0.15) is 11.1 Å². The number of amides is 1. The zero-order valence-electron chi connectivity index (χ0n) is 12.5. The maximum atomic E-state index is 12.0. The van der Waals surface area contributed by atoms with Gasteiger partial charge in [0.05, 0.1) is 29.5 Å². The third-order valence-electron chi connectivity index (χ3n) is 3.06. The zero-order chi connectivity index (χ0) is 16.7. The lowest BCUT2D eigenvalue weighted by Crippen LogP contribution is -2.14. The molecule has 4 nitrogen and oxygen atoms in total. The monoisotopic (exact) mass is 346 g/mol. The summed E-state index contributed by atoms with van der Waals surface area (Å²) in [5.41, 5.74) is 2.20. The molecule has 0 saturated heterocycles. The molecular formula is C17H15ClN2O2S. The van der Waals surface area contributed by atoms with Crippen molar-refractivity contribution in [3.05, 3.63) is 58.6 Å². The molecule has 0 aliphatic rings. The van der Waals surface area contributed by atoms with Crippen LogP contribution in [-0.2, 0) is 10.5 Å². The Hall–Kier alpha value is -2.16. The van der Waals surface area contributed by atoms with E-state index in [0.717, 1.165) is 5.56 Å². The maximum absolute atomic E-state index is 12.0. The Labute approximate surface area is 144 Å². The lowest BCUT2D eigenvalue weighted by molar-refractivity contribution is -0.113. The third-order valence-corrected chi connectivity index (χ3v) is 4.34. The molecule has 0 heterocycles. The molecule has 118 valence electrons. The number of carbonyl (C=O) groups excluding carboxylic acids is 1. The predicted octanol–water partition coefficient (Wildman–Crippen LogP) is 4.09.